The predicted octanol–water partition coefficient (Wildman–Crippen LogP) is 5.10. The highest BCUT2D eigenvalue weighted by Gasteiger charge is 2.41. The van der Waals surface area contributed by atoms with Gasteiger partial charge in [-0.15, -0.1) is 0 Å². The van der Waals surface area contributed by atoms with Crippen molar-refractivity contribution in [1.29, 1.82) is 0 Å². The average Bonchev–Trinajstić information content (AvgIpc) is 3.18. The van der Waals surface area contributed by atoms with Crippen molar-refractivity contribution in [3.05, 3.63) is 45.3 Å². The largest absolute Gasteiger partial charge is 0.321 e. The van der Waals surface area contributed by atoms with E-state index in [4.69, 9.17) is 0 Å². The highest BCUT2D eigenvalue weighted by atomic mass is 16.2. The van der Waals surface area contributed by atoms with Gasteiger partial charge < -0.3 is 10.6 Å². The smallest absolute Gasteiger partial charge is 0.258 e. The molecule has 4 heteroatoms. The third-order valence-electron chi connectivity index (χ3n) is 6.59. The molecular formula is C24H32N2O2. The molecule has 0 saturated heterocycles. The third kappa shape index (κ3) is 3.74. The van der Waals surface area contributed by atoms with Crippen LogP contribution in [0.4, 0.5) is 0 Å². The summed E-state index contributed by atoms with van der Waals surface area (Å²) in [7, 11) is 0. The Bertz CT molecular complexity index is 810. The van der Waals surface area contributed by atoms with E-state index in [1.165, 1.54) is 56.1 Å². The minimum Gasteiger partial charge on any atom is -0.321 e. The van der Waals surface area contributed by atoms with Gasteiger partial charge in [0.1, 0.15) is 0 Å². The van der Waals surface area contributed by atoms with E-state index in [1.54, 1.807) is 0 Å². The van der Waals surface area contributed by atoms with Crippen LogP contribution in [0.15, 0.2) is 45.3 Å². The van der Waals surface area contributed by atoms with Gasteiger partial charge in [0.2, 0.25) is 0 Å². The van der Waals surface area contributed by atoms with Crippen LogP contribution in [-0.2, 0) is 9.59 Å². The highest BCUT2D eigenvalue weighted by molar-refractivity contribution is 6.20. The van der Waals surface area contributed by atoms with Crippen molar-refractivity contribution in [3.8, 4) is 0 Å². The van der Waals surface area contributed by atoms with Crippen LogP contribution in [0.5, 0.6) is 0 Å². The third-order valence-corrected chi connectivity index (χ3v) is 6.59. The van der Waals surface area contributed by atoms with Gasteiger partial charge in [0.15, 0.2) is 0 Å². The molecule has 4 nitrogen and oxygen atoms in total. The first-order valence-electron chi connectivity index (χ1n) is 11.2. The van der Waals surface area contributed by atoms with E-state index in [1.807, 2.05) is 0 Å². The maximum Gasteiger partial charge on any atom is 0.258 e. The molecule has 2 aliphatic carbocycles. The summed E-state index contributed by atoms with van der Waals surface area (Å²) < 4.78 is 0. The molecule has 0 atom stereocenters. The van der Waals surface area contributed by atoms with Crippen LogP contribution >= 0.6 is 0 Å². The van der Waals surface area contributed by atoms with Gasteiger partial charge in [0.25, 0.3) is 11.8 Å². The van der Waals surface area contributed by atoms with Crippen LogP contribution < -0.4 is 10.6 Å². The molecule has 2 heterocycles. The van der Waals surface area contributed by atoms with Crippen molar-refractivity contribution in [3.63, 3.8) is 0 Å². The second-order valence-corrected chi connectivity index (χ2v) is 8.62. The van der Waals surface area contributed by atoms with Crippen molar-refractivity contribution >= 4 is 11.8 Å². The van der Waals surface area contributed by atoms with Crippen LogP contribution in [-0.4, -0.2) is 11.8 Å². The van der Waals surface area contributed by atoms with Crippen molar-refractivity contribution in [2.75, 3.05) is 0 Å². The topological polar surface area (TPSA) is 58.2 Å². The Hall–Kier alpha value is -2.10. The molecule has 4 rings (SSSR count). The Labute approximate surface area is 168 Å². The summed E-state index contributed by atoms with van der Waals surface area (Å²) in [6, 6.07) is 0. The van der Waals surface area contributed by atoms with E-state index in [9.17, 15) is 9.59 Å². The minimum atomic E-state index is -0.110. The van der Waals surface area contributed by atoms with E-state index < -0.39 is 0 Å². The zero-order valence-corrected chi connectivity index (χ0v) is 17.1. The van der Waals surface area contributed by atoms with Crippen LogP contribution in [0.3, 0.4) is 0 Å². The first kappa shape index (κ1) is 19.2. The molecule has 0 aromatic carbocycles. The normalized spacial score (nSPS) is 29.1. The standard InChI is InChI=1S/C24H32N2O2/c1-16-12-8-4-2-7-11-15-18(16)22-20-19(23(27)26-22)21(25-24(20)28)17-13-9-5-3-6-10-14-17/h13H,2-12,14-15H2,1H3,(H,25,28)(H,26,27)/b17-13+,18-16+. The van der Waals surface area contributed by atoms with Crippen LogP contribution in [0, 0.1) is 0 Å². The number of nitrogens with one attached hydrogen (secondary N) is 2. The molecule has 4 aliphatic rings. The highest BCUT2D eigenvalue weighted by Crippen LogP contribution is 2.39. The maximum absolute atomic E-state index is 12.9. The zero-order valence-electron chi connectivity index (χ0n) is 17.1. The van der Waals surface area contributed by atoms with E-state index >= 15 is 0 Å². The number of amides is 2. The summed E-state index contributed by atoms with van der Waals surface area (Å²) in [4.78, 5) is 25.9. The summed E-state index contributed by atoms with van der Waals surface area (Å²) in [5.74, 6) is -0.219. The van der Waals surface area contributed by atoms with Gasteiger partial charge in [0, 0.05) is 0 Å². The molecule has 2 N–H and O–H groups in total. The monoisotopic (exact) mass is 380 g/mol. The number of carbonyl (C=O) groups excluding carboxylic acids is 2. The van der Waals surface area contributed by atoms with Crippen LogP contribution in [0.25, 0.3) is 0 Å². The lowest BCUT2D eigenvalue weighted by Gasteiger charge is -2.15. The molecule has 0 aromatic rings. The summed E-state index contributed by atoms with van der Waals surface area (Å²) in [5.41, 5.74) is 6.42. The van der Waals surface area contributed by atoms with Crippen molar-refractivity contribution in [2.24, 2.45) is 0 Å². The Morgan fingerprint density at radius 2 is 1.25 bits per heavy atom. The van der Waals surface area contributed by atoms with Crippen LogP contribution in [0.2, 0.25) is 0 Å². The Morgan fingerprint density at radius 3 is 2.04 bits per heavy atom. The predicted molar refractivity (Wildman–Crippen MR) is 111 cm³/mol. The number of fused-ring (bicyclic) bond motifs is 1. The first-order valence-corrected chi connectivity index (χ1v) is 11.2. The number of carbonyl (C=O) groups is 2. The summed E-state index contributed by atoms with van der Waals surface area (Å²) in [6.45, 7) is 2.17. The SMILES string of the molecule is C/C1=C(\C2=C3C(=O)NC(/C4=C/CCCCCC4)=C3C(=O)N2)CCCCCCC1. The Balaban J connectivity index is 1.75. The fourth-order valence-electron chi connectivity index (χ4n) is 4.99. The van der Waals surface area contributed by atoms with Gasteiger partial charge in [-0.05, 0) is 69.4 Å². The van der Waals surface area contributed by atoms with E-state index in [0.717, 1.165) is 55.5 Å². The zero-order chi connectivity index (χ0) is 19.5. The van der Waals surface area contributed by atoms with Gasteiger partial charge in [-0.1, -0.05) is 43.8 Å². The van der Waals surface area contributed by atoms with E-state index in [0.29, 0.717) is 11.1 Å². The second-order valence-electron chi connectivity index (χ2n) is 8.62. The second kappa shape index (κ2) is 8.50. The number of hydrogen-bond acceptors (Lipinski definition) is 2. The molecule has 28 heavy (non-hydrogen) atoms. The molecule has 2 amide bonds. The molecule has 0 unspecified atom stereocenters. The number of hydrogen-bond donors (Lipinski definition) is 2. The molecule has 150 valence electrons. The van der Waals surface area contributed by atoms with Gasteiger partial charge in [-0.25, -0.2) is 0 Å². The molecule has 0 saturated carbocycles. The van der Waals surface area contributed by atoms with E-state index in [-0.39, 0.29) is 11.8 Å². The molecule has 2 aliphatic heterocycles. The quantitative estimate of drug-likeness (QED) is 0.700. The number of rotatable bonds is 2. The first-order chi connectivity index (χ1) is 13.7. The fourth-order valence-corrected chi connectivity index (χ4v) is 4.99. The Kier molecular flexibility index (Phi) is 5.84. The molecule has 0 radical (unpaired) electrons. The van der Waals surface area contributed by atoms with Crippen LogP contribution in [0.1, 0.15) is 90.4 Å². The average molecular weight is 381 g/mol. The molecule has 0 aromatic heterocycles. The van der Waals surface area contributed by atoms with Gasteiger partial charge in [0.05, 0.1) is 22.5 Å². The maximum atomic E-state index is 12.9. The van der Waals surface area contributed by atoms with Gasteiger partial charge >= 0.3 is 0 Å². The van der Waals surface area contributed by atoms with Crippen molar-refractivity contribution in [1.82, 2.24) is 10.6 Å². The number of allylic oxidation sites excluding steroid dienone is 4. The van der Waals surface area contributed by atoms with Gasteiger partial charge in [-0.2, -0.15) is 0 Å². The molecular weight excluding hydrogens is 348 g/mol. The van der Waals surface area contributed by atoms with Crippen molar-refractivity contribution < 1.29 is 9.59 Å². The van der Waals surface area contributed by atoms with Crippen molar-refractivity contribution in [2.45, 2.75) is 90.4 Å². The summed E-state index contributed by atoms with van der Waals surface area (Å²) in [5, 5.41) is 6.15. The Morgan fingerprint density at radius 1 is 0.679 bits per heavy atom. The molecule has 0 fully saturated rings. The molecule has 0 bridgehead atoms. The fraction of sp³-hybridized carbons (Fsp3) is 0.583. The van der Waals surface area contributed by atoms with E-state index in [2.05, 4.69) is 23.6 Å². The lowest BCUT2D eigenvalue weighted by molar-refractivity contribution is -0.117. The summed E-state index contributed by atoms with van der Waals surface area (Å²) >= 11 is 0. The lowest BCUT2D eigenvalue weighted by Crippen LogP contribution is -2.24. The molecule has 0 spiro atoms. The van der Waals surface area contributed by atoms with Gasteiger partial charge in [-0.3, -0.25) is 9.59 Å². The minimum absolute atomic E-state index is 0.110. The lowest BCUT2D eigenvalue weighted by atomic mass is 9.93. The summed E-state index contributed by atoms with van der Waals surface area (Å²) in [6.07, 6.45) is 17.1.